The Hall–Kier alpha value is -19.2. The first-order valence-corrected chi connectivity index (χ1v) is 43.5. The van der Waals surface area contributed by atoms with Crippen molar-refractivity contribution in [2.75, 3.05) is 0 Å². The second-order valence-corrected chi connectivity index (χ2v) is 31.5. The smallest absolute Gasteiger partial charge is 0.0622 e. The van der Waals surface area contributed by atoms with Crippen LogP contribution in [0.1, 0.15) is 132 Å². The van der Waals surface area contributed by atoms with Gasteiger partial charge >= 0.3 is 0 Å². The lowest BCUT2D eigenvalue weighted by atomic mass is 9.84. The number of benzene rings is 30. The van der Waals surface area contributed by atoms with Crippen molar-refractivity contribution in [3.8, 4) is 111 Å². The lowest BCUT2D eigenvalue weighted by molar-refractivity contribution is 1.61. The first-order valence-electron chi connectivity index (χ1n) is 91.5. The molecule has 0 aromatic heterocycles. The molecule has 0 atom stereocenters. The van der Waals surface area contributed by atoms with Crippen molar-refractivity contribution in [2.45, 2.75) is 0 Å². The van der Waals surface area contributed by atoms with Crippen LogP contribution in [0.3, 0.4) is 0 Å². The van der Waals surface area contributed by atoms with Gasteiger partial charge in [0.25, 0.3) is 0 Å². The average Bonchev–Trinajstić information content (AvgIpc) is 0.675. The zero-order chi connectivity index (χ0) is 181. The van der Waals surface area contributed by atoms with Gasteiger partial charge in [0.2, 0.25) is 0 Å². The highest BCUT2D eigenvalue weighted by molar-refractivity contribution is 6.29. The molecule has 0 aliphatic heterocycles. The Labute approximate surface area is 994 Å². The molecule has 30 rings (SSSR count). The third kappa shape index (κ3) is 15.8. The van der Waals surface area contributed by atoms with E-state index in [0.717, 1.165) is 0 Å². The minimum absolute atomic E-state index is 0.467. The molecule has 0 aliphatic rings. The van der Waals surface area contributed by atoms with Crippen molar-refractivity contribution in [3.05, 3.63) is 580 Å². The minimum atomic E-state index is -1.02. The molecule has 0 unspecified atom stereocenters. The molecule has 688 valence electrons. The second-order valence-electron chi connectivity index (χ2n) is 31.5. The SMILES string of the molecule is [2H]c1c([2H])c([2H])c(-c2c([2H])c([2H])c(-c3c4c([2H])c([2H])c([2H])c([2H])c4c(-c4c([2H])c([2H])c5c([2H])c([2H])c([2H])c([2H])c5c4[2H])c4c([2H])c([2H])c([2H])c([2H])c34)c([2H])c2[2H])c([2H])c1[2H].[2H]c1c([2H])c([2H])c(-c2c([2H])c([2H])c([2H])c(-c3c4c([2H])c([2H])c([2H])c([2H])c4c(-c4c([2H])c([2H])c5c([2H])c([2H])c([2H])c([2H])c5c4[2H])c4c([2H])c([2H])c([2H])c([2H])c34)c2[2H])c([2H])c1[2H].[2H]c1c([2H])c([2H])c2c([2H])c(-c3c4c([2H])c([2H])c([2H])c([2H])c4c(-c4c([2H])c([2H])c([2H])c5c([2H])c([2H])c6c([2H])c([2H])c([2H])c([2H])c6c45)c4c([2H])c([2H])c([2H])c([2H])c34)c([2H])c([2H])c2c1[2H].[2H]c1c([2H])c([2H])c2c([2H])c(-c3c4c([2H])c([2H])c([2H])c([2H])c4c(-c4c([2H])c([2H])c5c(c4[2H])c([2H])c([2H])c4c([2H])c([2H])c([2H])c([2H])c45)c4c([2H])c([2H])c([2H])c([2H])c34)c([2H])c([2H])c2c1[2H]. The second kappa shape index (κ2) is 37.9. The Balaban J connectivity index is 0.000000142. The van der Waals surface area contributed by atoms with Gasteiger partial charge in [0.05, 0.1) is 132 Å². The van der Waals surface area contributed by atoms with Crippen molar-refractivity contribution in [2.24, 2.45) is 0 Å². The molecule has 0 nitrogen and oxygen atoms in total. The molecule has 0 spiro atoms. The maximum Gasteiger partial charge on any atom is 0.0636 e. The van der Waals surface area contributed by atoms with Gasteiger partial charge in [0.1, 0.15) is 0 Å². The molecule has 0 bridgehead atoms. The molecule has 0 N–H and O–H groups in total. The van der Waals surface area contributed by atoms with Crippen molar-refractivity contribution >= 4 is 172 Å². The molecule has 0 saturated carbocycles. The largest absolute Gasteiger partial charge is 0.0636 e. The van der Waals surface area contributed by atoms with E-state index in [4.69, 9.17) is 91.8 Å². The van der Waals surface area contributed by atoms with Crippen LogP contribution in [-0.4, -0.2) is 0 Å². The van der Waals surface area contributed by atoms with Gasteiger partial charge in [0.15, 0.2) is 0 Å². The van der Waals surface area contributed by atoms with Gasteiger partial charge in [0, 0.05) is 0 Å². The first kappa shape index (κ1) is 33.4. The summed E-state index contributed by atoms with van der Waals surface area (Å²) < 4.78 is 847. The van der Waals surface area contributed by atoms with Crippen LogP contribution in [0.5, 0.6) is 0 Å². The maximum absolute atomic E-state index is 9.58. The summed E-state index contributed by atoms with van der Waals surface area (Å²) >= 11 is 0. The summed E-state index contributed by atoms with van der Waals surface area (Å²) in [6, 6.07) is -85.8. The van der Waals surface area contributed by atoms with Crippen LogP contribution in [-0.2, 0) is 0 Å². The fourth-order valence-electron chi connectivity index (χ4n) is 17.2. The van der Waals surface area contributed by atoms with Gasteiger partial charge in [-0.05, 0) is 320 Å². The molecule has 30 aromatic rings. The van der Waals surface area contributed by atoms with E-state index in [0.29, 0.717) is 0 Å². The Kier molecular flexibility index (Phi) is 8.56. The Morgan fingerprint density at radius 1 is 0.0878 bits per heavy atom. The van der Waals surface area contributed by atoms with Crippen LogP contribution in [0.2, 0.25) is 0 Å². The molecular formula is C148H96. The third-order valence-corrected chi connectivity index (χ3v) is 23.4. The van der Waals surface area contributed by atoms with Gasteiger partial charge in [-0.2, -0.15) is 0 Å². The summed E-state index contributed by atoms with van der Waals surface area (Å²) in [6.07, 6.45) is 0. The molecule has 30 aromatic carbocycles. The monoisotopic (exact) mass is 1970 g/mol. The summed E-state index contributed by atoms with van der Waals surface area (Å²) in [4.78, 5) is 0. The molecule has 0 heterocycles. The topological polar surface area (TPSA) is 0 Å². The summed E-state index contributed by atoms with van der Waals surface area (Å²) in [7, 11) is 0. The highest BCUT2D eigenvalue weighted by Crippen LogP contribution is 2.52. The van der Waals surface area contributed by atoms with Crippen molar-refractivity contribution < 1.29 is 132 Å². The summed E-state index contributed by atoms with van der Waals surface area (Å²) in [5, 5.41) is -19.9. The number of rotatable bonds is 10. The Bertz CT molecular complexity index is 16500. The van der Waals surface area contributed by atoms with Crippen LogP contribution in [0, 0.1) is 0 Å². The number of hydrogen-bond donors (Lipinski definition) is 0. The van der Waals surface area contributed by atoms with Crippen LogP contribution in [0.25, 0.3) is 284 Å². The van der Waals surface area contributed by atoms with E-state index in [9.17, 15) is 39.8 Å². The van der Waals surface area contributed by atoms with E-state index >= 15 is 0 Å². The van der Waals surface area contributed by atoms with Gasteiger partial charge in [-0.15, -0.1) is 0 Å². The third-order valence-electron chi connectivity index (χ3n) is 23.4. The van der Waals surface area contributed by atoms with Crippen molar-refractivity contribution in [1.29, 1.82) is 0 Å². The lowest BCUT2D eigenvalue weighted by Crippen LogP contribution is -1.92. The van der Waals surface area contributed by atoms with Crippen LogP contribution < -0.4 is 0 Å². The zero-order valence-electron chi connectivity index (χ0n) is 170. The molecule has 0 heteroatoms. The summed E-state index contributed by atoms with van der Waals surface area (Å²) in [5.41, 5.74) is -14.4. The molecule has 0 aliphatic carbocycles. The zero-order valence-corrected chi connectivity index (χ0v) is 74.0. The van der Waals surface area contributed by atoms with E-state index < -0.39 is 864 Å². The van der Waals surface area contributed by atoms with Crippen LogP contribution in [0.15, 0.2) is 580 Å². The van der Waals surface area contributed by atoms with Crippen molar-refractivity contribution in [3.63, 3.8) is 0 Å². The van der Waals surface area contributed by atoms with E-state index in [-0.39, 0.29) is 0 Å². The van der Waals surface area contributed by atoms with Crippen LogP contribution >= 0.6 is 0 Å². The molecule has 148 heavy (non-hydrogen) atoms. The fraction of sp³-hybridized carbons (Fsp3) is 0. The highest BCUT2D eigenvalue weighted by Gasteiger charge is 2.25. The first-order chi connectivity index (χ1) is 113. The predicted octanol–water partition coefficient (Wildman–Crippen LogP) is 41.9. The normalized spacial score (nSPS) is 20.6. The van der Waals surface area contributed by atoms with Crippen molar-refractivity contribution in [1.82, 2.24) is 0 Å². The van der Waals surface area contributed by atoms with E-state index in [2.05, 4.69) is 0 Å². The average molecular weight is 1970 g/mol. The molecule has 0 radical (unpaired) electrons. The number of hydrogen-bond acceptors (Lipinski definition) is 0. The van der Waals surface area contributed by atoms with Gasteiger partial charge in [-0.3, -0.25) is 0 Å². The maximum atomic E-state index is 9.58. The Morgan fingerprint density at radius 2 is 0.277 bits per heavy atom. The minimum Gasteiger partial charge on any atom is -0.0622 e. The van der Waals surface area contributed by atoms with Gasteiger partial charge in [-0.1, -0.05) is 544 Å². The number of fused-ring (bicyclic) bond motifs is 18. The van der Waals surface area contributed by atoms with E-state index in [1.54, 1.807) is 0 Å². The van der Waals surface area contributed by atoms with Crippen LogP contribution in [0.4, 0.5) is 0 Å². The molecule has 0 fully saturated rings. The lowest BCUT2D eigenvalue weighted by Gasteiger charge is -2.19. The highest BCUT2D eigenvalue weighted by atomic mass is 14.3. The van der Waals surface area contributed by atoms with E-state index in [1.165, 1.54) is 0 Å². The summed E-state index contributed by atoms with van der Waals surface area (Å²) in [5.74, 6) is 0. The van der Waals surface area contributed by atoms with Gasteiger partial charge < -0.3 is 0 Å². The molecule has 0 amide bonds. The van der Waals surface area contributed by atoms with E-state index in [1.807, 2.05) is 0 Å². The molecular weight excluding hydrogens is 1780 g/mol. The Morgan fingerprint density at radius 3 is 0.628 bits per heavy atom. The fourth-order valence-corrected chi connectivity index (χ4v) is 17.2. The quantitative estimate of drug-likeness (QED) is 0.0946. The standard InChI is InChI=1S/2C38H24.2C36H24/c1-2-12-28-24-29(23-20-25(28)10-1)37-31-15-5-7-17-33(31)38(34-18-8-6-16-32(34)37)35-19-9-13-27-22-21-26-11-3-4-14-30(26)36(27)35;1-2-11-27-23-29(20-17-25(27)9-1)37-33-13-5-7-15-35(33)38(36-16-8-6-14-34(36)37)30-21-22-32-28(24-30)19-18-26-10-3-4-12-31(26)32;1-2-11-25(12-3-1)28-15-10-16-29(23-28)35-31-17-6-8-19-33(31)36(34-20-9-7-18-32(34)35)30-22-21-26-13-4-5-14-27(26)24-30;1-2-10-25(11-3-1)27-18-21-28(22-19-27)35-31-14-6-8-16-33(31)36(34-17-9-7-15-32(34)35)30-23-20-26-12-4-5-13-29(26)24-30/h2*1-24H;2*1-24H/i4*1D,2D,3D,4D,5D,6D,7D,8D,9D,10D,11D,12D,13D,14D,15D,16D,17D,18D,19D,20D,21D,22D,23D,24D. The van der Waals surface area contributed by atoms with Gasteiger partial charge in [-0.25, -0.2) is 0 Å². The molecule has 0 saturated heterocycles. The summed E-state index contributed by atoms with van der Waals surface area (Å²) in [6.45, 7) is 0. The predicted molar refractivity (Wildman–Crippen MR) is 640 cm³/mol.